The minimum absolute atomic E-state index is 0.117. The second kappa shape index (κ2) is 4.31. The Kier molecular flexibility index (Phi) is 3.59. The number of halogens is 2. The van der Waals surface area contributed by atoms with Crippen LogP contribution in [0.5, 0.6) is 5.75 Å². The van der Waals surface area contributed by atoms with Gasteiger partial charge in [0.1, 0.15) is 5.75 Å². The van der Waals surface area contributed by atoms with Gasteiger partial charge in [-0.2, -0.15) is 0 Å². The topological polar surface area (TPSA) is 46.2 Å². The third-order valence-electron chi connectivity index (χ3n) is 1.92. The Bertz CT molecular complexity index is 293. The second-order valence-corrected chi connectivity index (χ2v) is 4.25. The van der Waals surface area contributed by atoms with E-state index >= 15 is 0 Å². The smallest absolute Gasteiger partial charge is 0.121 e. The van der Waals surface area contributed by atoms with Crippen LogP contribution in [-0.4, -0.2) is 11.7 Å². The van der Waals surface area contributed by atoms with Crippen molar-refractivity contribution in [3.8, 4) is 5.75 Å². The van der Waals surface area contributed by atoms with Crippen LogP contribution in [0.2, 0.25) is 5.02 Å². The molecular formula is C9H11BrClNO. The highest BCUT2D eigenvalue weighted by molar-refractivity contribution is 9.10. The number of benzene rings is 1. The molecule has 0 aromatic heterocycles. The minimum Gasteiger partial charge on any atom is -0.508 e. The maximum atomic E-state index is 9.60. The highest BCUT2D eigenvalue weighted by Crippen LogP contribution is 2.35. The van der Waals surface area contributed by atoms with Gasteiger partial charge in [-0.1, -0.05) is 34.5 Å². The summed E-state index contributed by atoms with van der Waals surface area (Å²) in [5.41, 5.74) is 6.33. The van der Waals surface area contributed by atoms with E-state index < -0.39 is 0 Å². The Hall–Kier alpha value is -0.250. The zero-order valence-electron chi connectivity index (χ0n) is 7.22. The van der Waals surface area contributed by atoms with E-state index in [9.17, 15) is 5.11 Å². The van der Waals surface area contributed by atoms with Crippen molar-refractivity contribution in [2.45, 2.75) is 12.8 Å². The zero-order valence-corrected chi connectivity index (χ0v) is 9.56. The lowest BCUT2D eigenvalue weighted by molar-refractivity contribution is 0.462. The average Bonchev–Trinajstić information content (AvgIpc) is 2.02. The largest absolute Gasteiger partial charge is 0.508 e. The highest BCUT2D eigenvalue weighted by atomic mass is 79.9. The Morgan fingerprint density at radius 3 is 2.69 bits per heavy atom. The normalized spacial score (nSPS) is 12.9. The Labute approximate surface area is 90.8 Å². The molecule has 0 aliphatic rings. The monoisotopic (exact) mass is 263 g/mol. The number of aromatic hydroxyl groups is 1. The Morgan fingerprint density at radius 2 is 2.23 bits per heavy atom. The van der Waals surface area contributed by atoms with Crippen molar-refractivity contribution in [2.24, 2.45) is 5.73 Å². The van der Waals surface area contributed by atoms with E-state index in [1.165, 1.54) is 6.07 Å². The molecule has 0 radical (unpaired) electrons. The number of rotatable bonds is 2. The highest BCUT2D eigenvalue weighted by Gasteiger charge is 2.13. The molecule has 1 aromatic rings. The lowest BCUT2D eigenvalue weighted by Crippen LogP contribution is -2.09. The first-order valence-corrected chi connectivity index (χ1v) is 5.11. The van der Waals surface area contributed by atoms with Gasteiger partial charge in [0.15, 0.2) is 0 Å². The van der Waals surface area contributed by atoms with E-state index in [1.807, 2.05) is 6.92 Å². The molecule has 1 atom stereocenters. The van der Waals surface area contributed by atoms with Crippen molar-refractivity contribution in [1.82, 2.24) is 0 Å². The number of hydrogen-bond donors (Lipinski definition) is 2. The molecule has 2 nitrogen and oxygen atoms in total. The summed E-state index contributed by atoms with van der Waals surface area (Å²) in [7, 11) is 0. The summed E-state index contributed by atoms with van der Waals surface area (Å²) >= 11 is 9.09. The van der Waals surface area contributed by atoms with Gasteiger partial charge in [-0.25, -0.2) is 0 Å². The van der Waals surface area contributed by atoms with Crippen molar-refractivity contribution in [3.63, 3.8) is 0 Å². The molecule has 4 heteroatoms. The lowest BCUT2D eigenvalue weighted by atomic mass is 10.0. The van der Waals surface area contributed by atoms with Crippen LogP contribution in [0.3, 0.4) is 0 Å². The van der Waals surface area contributed by atoms with Crippen LogP contribution in [0.15, 0.2) is 16.6 Å². The molecule has 1 aromatic carbocycles. The van der Waals surface area contributed by atoms with Crippen LogP contribution in [0.4, 0.5) is 0 Å². The van der Waals surface area contributed by atoms with Crippen LogP contribution in [0.25, 0.3) is 0 Å². The minimum atomic E-state index is 0.117. The molecule has 0 fully saturated rings. The first kappa shape index (κ1) is 10.8. The molecule has 0 aliphatic carbocycles. The van der Waals surface area contributed by atoms with Gasteiger partial charge in [0.25, 0.3) is 0 Å². The summed E-state index contributed by atoms with van der Waals surface area (Å²) < 4.78 is 0.801. The van der Waals surface area contributed by atoms with Gasteiger partial charge in [0.2, 0.25) is 0 Å². The maximum absolute atomic E-state index is 9.60. The van der Waals surface area contributed by atoms with Gasteiger partial charge in [-0.3, -0.25) is 0 Å². The Balaban J connectivity index is 3.20. The molecule has 0 saturated carbocycles. The molecule has 3 N–H and O–H groups in total. The number of hydrogen-bond acceptors (Lipinski definition) is 2. The summed E-state index contributed by atoms with van der Waals surface area (Å²) in [6.45, 7) is 2.45. The van der Waals surface area contributed by atoms with E-state index in [2.05, 4.69) is 15.9 Å². The van der Waals surface area contributed by atoms with Crippen LogP contribution in [0, 0.1) is 0 Å². The standard InChI is InChI=1S/C9H11BrClNO/c1-5(4-12)9-7(10)2-6(11)3-8(9)13/h2-3,5,13H,4,12H2,1H3. The first-order chi connectivity index (χ1) is 6.06. The van der Waals surface area contributed by atoms with Crippen LogP contribution < -0.4 is 5.73 Å². The molecule has 0 saturated heterocycles. The average molecular weight is 265 g/mol. The molecule has 13 heavy (non-hydrogen) atoms. The number of phenols is 1. The number of nitrogens with two attached hydrogens (primary N) is 1. The van der Waals surface area contributed by atoms with E-state index in [1.54, 1.807) is 6.07 Å². The predicted octanol–water partition coefficient (Wildman–Crippen LogP) is 2.87. The van der Waals surface area contributed by atoms with E-state index in [0.29, 0.717) is 11.6 Å². The number of phenolic OH excluding ortho intramolecular Hbond substituents is 1. The first-order valence-electron chi connectivity index (χ1n) is 3.94. The van der Waals surface area contributed by atoms with Crippen molar-refractivity contribution < 1.29 is 5.11 Å². The molecule has 0 heterocycles. The van der Waals surface area contributed by atoms with Crippen molar-refractivity contribution in [1.29, 1.82) is 0 Å². The lowest BCUT2D eigenvalue weighted by Gasteiger charge is -2.13. The molecule has 1 unspecified atom stereocenters. The third-order valence-corrected chi connectivity index (χ3v) is 2.79. The molecule has 0 aliphatic heterocycles. The zero-order chi connectivity index (χ0) is 10.0. The summed E-state index contributed by atoms with van der Waals surface area (Å²) in [6, 6.07) is 3.27. The molecule has 72 valence electrons. The molecule has 0 spiro atoms. The van der Waals surface area contributed by atoms with Gasteiger partial charge in [0.05, 0.1) is 0 Å². The summed E-state index contributed by atoms with van der Waals surface area (Å²) in [6.07, 6.45) is 0. The van der Waals surface area contributed by atoms with Crippen LogP contribution in [-0.2, 0) is 0 Å². The van der Waals surface area contributed by atoms with Crippen LogP contribution in [0.1, 0.15) is 18.4 Å². The van der Waals surface area contributed by atoms with Crippen molar-refractivity contribution in [3.05, 3.63) is 27.2 Å². The molecule has 1 rings (SSSR count). The fourth-order valence-corrected chi connectivity index (χ4v) is 2.36. The molecule has 0 bridgehead atoms. The van der Waals surface area contributed by atoms with Gasteiger partial charge in [0, 0.05) is 15.1 Å². The van der Waals surface area contributed by atoms with E-state index in [0.717, 1.165) is 10.0 Å². The van der Waals surface area contributed by atoms with Crippen LogP contribution >= 0.6 is 27.5 Å². The molecular weight excluding hydrogens is 253 g/mol. The molecule has 0 amide bonds. The second-order valence-electron chi connectivity index (χ2n) is 2.96. The van der Waals surface area contributed by atoms with Gasteiger partial charge < -0.3 is 10.8 Å². The van der Waals surface area contributed by atoms with Crippen molar-refractivity contribution in [2.75, 3.05) is 6.54 Å². The van der Waals surface area contributed by atoms with Crippen molar-refractivity contribution >= 4 is 27.5 Å². The van der Waals surface area contributed by atoms with Gasteiger partial charge in [-0.05, 0) is 24.6 Å². The predicted molar refractivity (Wildman–Crippen MR) is 58.3 cm³/mol. The summed E-state index contributed by atoms with van der Waals surface area (Å²) in [4.78, 5) is 0. The summed E-state index contributed by atoms with van der Waals surface area (Å²) in [5.74, 6) is 0.309. The Morgan fingerprint density at radius 1 is 1.62 bits per heavy atom. The maximum Gasteiger partial charge on any atom is 0.121 e. The SMILES string of the molecule is CC(CN)c1c(O)cc(Cl)cc1Br. The van der Waals surface area contributed by atoms with E-state index in [-0.39, 0.29) is 11.7 Å². The van der Waals surface area contributed by atoms with E-state index in [4.69, 9.17) is 17.3 Å². The summed E-state index contributed by atoms with van der Waals surface area (Å²) in [5, 5.41) is 10.1. The fourth-order valence-electron chi connectivity index (χ4n) is 1.18. The van der Waals surface area contributed by atoms with Gasteiger partial charge in [-0.15, -0.1) is 0 Å². The van der Waals surface area contributed by atoms with Gasteiger partial charge >= 0.3 is 0 Å². The third kappa shape index (κ3) is 2.36. The fraction of sp³-hybridized carbons (Fsp3) is 0.333. The quantitative estimate of drug-likeness (QED) is 0.863.